The molecule has 7 nitrogen and oxygen atoms in total. The van der Waals surface area contributed by atoms with E-state index in [0.717, 1.165) is 5.56 Å². The van der Waals surface area contributed by atoms with Crippen LogP contribution < -0.4 is 11.2 Å². The molecule has 7 heteroatoms. The van der Waals surface area contributed by atoms with E-state index in [2.05, 4.69) is 4.98 Å². The van der Waals surface area contributed by atoms with Crippen molar-refractivity contribution in [2.75, 3.05) is 6.61 Å². The average Bonchev–Trinajstić information content (AvgIpc) is 2.94. The first kappa shape index (κ1) is 17.3. The van der Waals surface area contributed by atoms with Gasteiger partial charge < -0.3 is 14.9 Å². The van der Waals surface area contributed by atoms with Gasteiger partial charge in [0.15, 0.2) is 0 Å². The van der Waals surface area contributed by atoms with Crippen molar-refractivity contribution in [3.8, 4) is 0 Å². The molecule has 0 spiro atoms. The number of aliphatic hydroxyl groups excluding tert-OH is 1. The van der Waals surface area contributed by atoms with E-state index in [4.69, 9.17) is 4.74 Å². The summed E-state index contributed by atoms with van der Waals surface area (Å²) in [5.41, 5.74) is -1.25. The van der Waals surface area contributed by atoms with E-state index < -0.39 is 35.8 Å². The molecule has 2 heterocycles. The molecule has 1 saturated heterocycles. The van der Waals surface area contributed by atoms with Crippen LogP contribution in [0.15, 0.2) is 52.2 Å². The van der Waals surface area contributed by atoms with Gasteiger partial charge in [0.2, 0.25) is 0 Å². The van der Waals surface area contributed by atoms with E-state index in [0.29, 0.717) is 5.56 Å². The molecule has 0 amide bonds. The van der Waals surface area contributed by atoms with Crippen molar-refractivity contribution in [1.82, 2.24) is 9.55 Å². The van der Waals surface area contributed by atoms with Gasteiger partial charge in [-0.05, 0) is 18.6 Å². The van der Waals surface area contributed by atoms with Crippen LogP contribution in [0, 0.1) is 6.92 Å². The standard InChI is InChI=1S/C18H20N2O5/c1-12-10-20(17(23)19-16(12)22)15-9-18(24,14(11-21)25-15)8-7-13-5-3-2-4-6-13/h2-8,10,14-15,21,24H,9,11H2,1H3,(H,19,22,23)/t14-,15-,18+/m1/s1. The van der Waals surface area contributed by atoms with Crippen LogP contribution in [0.5, 0.6) is 0 Å². The molecule has 1 aromatic heterocycles. The lowest BCUT2D eigenvalue weighted by atomic mass is 9.93. The zero-order valence-corrected chi connectivity index (χ0v) is 13.8. The summed E-state index contributed by atoms with van der Waals surface area (Å²) in [4.78, 5) is 25.7. The van der Waals surface area contributed by atoms with Crippen LogP contribution in [0.2, 0.25) is 0 Å². The van der Waals surface area contributed by atoms with Gasteiger partial charge >= 0.3 is 5.69 Å². The Balaban J connectivity index is 1.90. The highest BCUT2D eigenvalue weighted by Gasteiger charge is 2.46. The second-order valence-electron chi connectivity index (χ2n) is 6.18. The van der Waals surface area contributed by atoms with Crippen LogP contribution in [0.1, 0.15) is 23.8 Å². The van der Waals surface area contributed by atoms with Gasteiger partial charge in [-0.25, -0.2) is 4.79 Å². The predicted octanol–water partition coefficient (Wildman–Crippen LogP) is 0.569. The van der Waals surface area contributed by atoms with Crippen molar-refractivity contribution in [2.24, 2.45) is 0 Å². The third-order valence-electron chi connectivity index (χ3n) is 4.37. The van der Waals surface area contributed by atoms with Crippen LogP contribution in [-0.4, -0.2) is 38.1 Å². The minimum Gasteiger partial charge on any atom is -0.394 e. The van der Waals surface area contributed by atoms with Gasteiger partial charge in [-0.2, -0.15) is 0 Å². The van der Waals surface area contributed by atoms with Gasteiger partial charge in [-0.3, -0.25) is 14.3 Å². The number of aryl methyl sites for hydroxylation is 1. The summed E-state index contributed by atoms with van der Waals surface area (Å²) >= 11 is 0. The Morgan fingerprint density at radius 1 is 1.36 bits per heavy atom. The van der Waals surface area contributed by atoms with Gasteiger partial charge in [0, 0.05) is 18.2 Å². The summed E-state index contributed by atoms with van der Waals surface area (Å²) < 4.78 is 6.90. The normalized spacial score (nSPS) is 26.4. The molecule has 0 aliphatic carbocycles. The first-order valence-electron chi connectivity index (χ1n) is 7.98. The number of benzene rings is 1. The van der Waals surface area contributed by atoms with E-state index >= 15 is 0 Å². The minimum atomic E-state index is -1.43. The lowest BCUT2D eigenvalue weighted by Crippen LogP contribution is -2.38. The summed E-state index contributed by atoms with van der Waals surface area (Å²) in [6.07, 6.45) is 3.13. The zero-order chi connectivity index (χ0) is 18.0. The van der Waals surface area contributed by atoms with E-state index in [1.807, 2.05) is 30.3 Å². The van der Waals surface area contributed by atoms with E-state index in [9.17, 15) is 19.8 Å². The molecule has 3 rings (SSSR count). The molecule has 2 aromatic rings. The second kappa shape index (κ2) is 6.79. The van der Waals surface area contributed by atoms with Crippen LogP contribution in [0.3, 0.4) is 0 Å². The molecule has 1 aliphatic heterocycles. The molecule has 25 heavy (non-hydrogen) atoms. The zero-order valence-electron chi connectivity index (χ0n) is 13.8. The molecule has 3 N–H and O–H groups in total. The van der Waals surface area contributed by atoms with Crippen molar-refractivity contribution >= 4 is 6.08 Å². The SMILES string of the molecule is Cc1cn([C@H]2C[C@@](O)(C=Cc3ccccc3)[C@@H](CO)O2)c(=O)[nH]c1=O. The van der Waals surface area contributed by atoms with E-state index in [1.54, 1.807) is 19.1 Å². The monoisotopic (exact) mass is 344 g/mol. The number of aliphatic hydroxyl groups is 2. The lowest BCUT2D eigenvalue weighted by Gasteiger charge is -2.22. The third-order valence-corrected chi connectivity index (χ3v) is 4.37. The van der Waals surface area contributed by atoms with Gasteiger partial charge in [0.05, 0.1) is 6.61 Å². The summed E-state index contributed by atoms with van der Waals surface area (Å²) in [6, 6.07) is 9.42. The number of hydrogen-bond acceptors (Lipinski definition) is 5. The summed E-state index contributed by atoms with van der Waals surface area (Å²) in [5, 5.41) is 20.5. The fourth-order valence-corrected chi connectivity index (χ4v) is 2.91. The van der Waals surface area contributed by atoms with Crippen LogP contribution >= 0.6 is 0 Å². The van der Waals surface area contributed by atoms with Crippen molar-refractivity contribution in [2.45, 2.75) is 31.3 Å². The van der Waals surface area contributed by atoms with Crippen molar-refractivity contribution in [3.63, 3.8) is 0 Å². The van der Waals surface area contributed by atoms with Gasteiger partial charge in [-0.1, -0.05) is 36.4 Å². The van der Waals surface area contributed by atoms with Crippen LogP contribution in [0.25, 0.3) is 6.08 Å². The number of hydrogen-bond donors (Lipinski definition) is 3. The number of nitrogens with zero attached hydrogens (tertiary/aromatic N) is 1. The van der Waals surface area contributed by atoms with E-state index in [1.165, 1.54) is 10.8 Å². The average molecular weight is 344 g/mol. The first-order chi connectivity index (χ1) is 11.9. The molecule has 0 radical (unpaired) electrons. The smallest absolute Gasteiger partial charge is 0.330 e. The number of H-pyrrole nitrogens is 1. The number of rotatable bonds is 4. The van der Waals surface area contributed by atoms with E-state index in [-0.39, 0.29) is 6.42 Å². The Kier molecular flexibility index (Phi) is 4.71. The number of aromatic nitrogens is 2. The summed E-state index contributed by atoms with van der Waals surface area (Å²) in [5.74, 6) is 0. The van der Waals surface area contributed by atoms with Gasteiger partial charge in [-0.15, -0.1) is 0 Å². The molecule has 132 valence electrons. The molecule has 1 aliphatic rings. The first-order valence-corrected chi connectivity index (χ1v) is 7.98. The highest BCUT2D eigenvalue weighted by Crippen LogP contribution is 2.37. The largest absolute Gasteiger partial charge is 0.394 e. The number of aromatic amines is 1. The molecule has 1 aromatic carbocycles. The second-order valence-corrected chi connectivity index (χ2v) is 6.18. The molecule has 3 atom stereocenters. The Labute approximate surface area is 143 Å². The number of ether oxygens (including phenoxy) is 1. The highest BCUT2D eigenvalue weighted by atomic mass is 16.5. The quantitative estimate of drug-likeness (QED) is 0.752. The maximum atomic E-state index is 12.0. The Morgan fingerprint density at radius 2 is 2.08 bits per heavy atom. The lowest BCUT2D eigenvalue weighted by molar-refractivity contribution is -0.0652. The Bertz CT molecular complexity index is 886. The summed E-state index contributed by atoms with van der Waals surface area (Å²) in [7, 11) is 0. The van der Waals surface area contributed by atoms with Crippen LogP contribution in [-0.2, 0) is 4.74 Å². The molecular weight excluding hydrogens is 324 g/mol. The van der Waals surface area contributed by atoms with Crippen molar-refractivity contribution in [3.05, 3.63) is 74.6 Å². The van der Waals surface area contributed by atoms with Crippen LogP contribution in [0.4, 0.5) is 0 Å². The molecular formula is C18H20N2O5. The van der Waals surface area contributed by atoms with Gasteiger partial charge in [0.1, 0.15) is 17.9 Å². The van der Waals surface area contributed by atoms with Crippen molar-refractivity contribution < 1.29 is 14.9 Å². The number of nitrogens with one attached hydrogen (secondary N) is 1. The molecule has 0 bridgehead atoms. The fraction of sp³-hybridized carbons (Fsp3) is 0.333. The Hall–Kier alpha value is -2.48. The molecule has 0 unspecified atom stereocenters. The van der Waals surface area contributed by atoms with Gasteiger partial charge in [0.25, 0.3) is 5.56 Å². The van der Waals surface area contributed by atoms with Crippen molar-refractivity contribution in [1.29, 1.82) is 0 Å². The minimum absolute atomic E-state index is 0.0763. The highest BCUT2D eigenvalue weighted by molar-refractivity contribution is 5.50. The topological polar surface area (TPSA) is 105 Å². The summed E-state index contributed by atoms with van der Waals surface area (Å²) in [6.45, 7) is 1.18. The molecule has 0 saturated carbocycles. The fourth-order valence-electron chi connectivity index (χ4n) is 2.91. The molecule has 1 fully saturated rings. The maximum absolute atomic E-state index is 12.0. The predicted molar refractivity (Wildman–Crippen MR) is 92.1 cm³/mol. The maximum Gasteiger partial charge on any atom is 0.330 e. The Morgan fingerprint density at radius 3 is 2.76 bits per heavy atom. The third kappa shape index (κ3) is 3.48.